The van der Waals surface area contributed by atoms with Gasteiger partial charge in [-0.25, -0.2) is 18.0 Å². The molecule has 1 aliphatic carbocycles. The van der Waals surface area contributed by atoms with E-state index in [1.165, 1.54) is 35.9 Å². The molecular formula is C54H62F3N11O6. The zero-order valence-corrected chi connectivity index (χ0v) is 42.1. The summed E-state index contributed by atoms with van der Waals surface area (Å²) < 4.78 is 58.6. The molecule has 4 saturated heterocycles. The van der Waals surface area contributed by atoms with Gasteiger partial charge in [-0.1, -0.05) is 13.0 Å². The van der Waals surface area contributed by atoms with Gasteiger partial charge in [0, 0.05) is 115 Å². The maximum Gasteiger partial charge on any atom is 0.329 e. The van der Waals surface area contributed by atoms with E-state index in [4.69, 9.17) is 9.72 Å². The Morgan fingerprint density at radius 3 is 2.41 bits per heavy atom. The quantitative estimate of drug-likeness (QED) is 0.116. The summed E-state index contributed by atoms with van der Waals surface area (Å²) >= 11 is 0. The highest BCUT2D eigenvalue weighted by Crippen LogP contribution is 2.48. The first kappa shape index (κ1) is 49.4. The van der Waals surface area contributed by atoms with Crippen LogP contribution in [-0.2, 0) is 27.9 Å². The number of imidazole rings is 1. The summed E-state index contributed by atoms with van der Waals surface area (Å²) in [6.45, 7) is 9.62. The summed E-state index contributed by atoms with van der Waals surface area (Å²) in [7, 11) is 1.69. The van der Waals surface area contributed by atoms with Crippen LogP contribution in [0.2, 0.25) is 0 Å². The number of anilines is 2. The number of piperazine rings is 1. The van der Waals surface area contributed by atoms with E-state index >= 15 is 13.2 Å². The predicted octanol–water partition coefficient (Wildman–Crippen LogP) is 5.91. The molecule has 74 heavy (non-hydrogen) atoms. The number of piperidine rings is 3. The zero-order valence-electron chi connectivity index (χ0n) is 42.1. The second kappa shape index (κ2) is 19.5. The van der Waals surface area contributed by atoms with Gasteiger partial charge in [0.25, 0.3) is 0 Å². The van der Waals surface area contributed by atoms with Crippen molar-refractivity contribution < 1.29 is 37.4 Å². The van der Waals surface area contributed by atoms with Crippen LogP contribution in [0.5, 0.6) is 11.8 Å². The lowest BCUT2D eigenvalue weighted by molar-refractivity contribution is -0.135. The number of hydrogen-bond donors (Lipinski definition) is 3. The number of likely N-dealkylation sites (tertiary alicyclic amines) is 1. The van der Waals surface area contributed by atoms with Crippen molar-refractivity contribution in [3.05, 3.63) is 76.3 Å². The van der Waals surface area contributed by atoms with Gasteiger partial charge in [-0.3, -0.25) is 38.7 Å². The number of ether oxygens (including phenoxy) is 1. The van der Waals surface area contributed by atoms with E-state index in [2.05, 4.69) is 35.3 Å². The summed E-state index contributed by atoms with van der Waals surface area (Å²) in [6.07, 6.45) is 6.43. The van der Waals surface area contributed by atoms with Crippen LogP contribution in [-0.4, -0.2) is 140 Å². The molecule has 20 heteroatoms. The predicted molar refractivity (Wildman–Crippen MR) is 274 cm³/mol. The highest BCUT2D eigenvalue weighted by Gasteiger charge is 2.47. The topological polar surface area (TPSA) is 183 Å². The van der Waals surface area contributed by atoms with Crippen LogP contribution in [0.25, 0.3) is 44.0 Å². The molecule has 0 spiro atoms. The van der Waals surface area contributed by atoms with E-state index < -0.39 is 29.3 Å². The summed E-state index contributed by atoms with van der Waals surface area (Å²) in [5.41, 5.74) is 0.925. The fourth-order valence-electron chi connectivity index (χ4n) is 12.0. The maximum absolute atomic E-state index is 17.2. The highest BCUT2D eigenvalue weighted by atomic mass is 19.1. The highest BCUT2D eigenvalue weighted by molar-refractivity contribution is 6.02. The fraction of sp³-hybridized carbons (Fsp3) is 0.500. The van der Waals surface area contributed by atoms with E-state index in [0.717, 1.165) is 31.4 Å². The Morgan fingerprint density at radius 2 is 1.68 bits per heavy atom. The second-order valence-electron chi connectivity index (χ2n) is 21.3. The number of alkyl halides is 1. The molecule has 6 aromatic rings. The normalized spacial score (nSPS) is 21.4. The zero-order chi connectivity index (χ0) is 51.6. The molecule has 390 valence electrons. The average Bonchev–Trinajstić information content (AvgIpc) is 4.11. The van der Waals surface area contributed by atoms with Gasteiger partial charge in [-0.15, -0.1) is 0 Å². The number of aryl methyl sites for hydroxylation is 2. The van der Waals surface area contributed by atoms with Crippen molar-refractivity contribution in [2.45, 2.75) is 89.4 Å². The lowest BCUT2D eigenvalue weighted by Crippen LogP contribution is -2.54. The Hall–Kier alpha value is -6.80. The third kappa shape index (κ3) is 9.50. The Bertz CT molecular complexity index is 3270. The number of nitrogens with one attached hydrogen (secondary N) is 2. The standard InChI is InChI=1S/C54H62F3N11O6/c1-4-37-40(55)9-7-33-24-36(70)26-38(45(33)37)47-46(56)48-39(27-58-47)49(67-17-5-6-34(28-67)59-32(2)69)62-51(61-48)74-31-53(13-14-53)29-64-18-15-54(57,16-19-64)30-65-20-22-66(23-21-65)35-8-10-41-43(25-35)63(3)52(73)68(41)42-11-12-44(71)60-50(42)72/h7-10,24-27,34,42,70H,4-6,11-23,28-31H2,1-3H3,(H,59,69)(H,60,71,72)/t34-,42?/m1/s1. The number of halogens is 3. The molecule has 1 saturated carbocycles. The molecule has 7 heterocycles. The first-order valence-electron chi connectivity index (χ1n) is 26.0. The SMILES string of the molecule is CCc1c(F)ccc2cc(O)cc(-c3ncc4c(N5CCC[C@@H](NC(C)=O)C5)nc(OCC5(CN6CCC(F)(CN7CCN(c8ccc9c(c8)n(C)c(=O)n9C8CCC(=O)NC8=O)CC7)CC6)CC5)nc4c3F)c12. The van der Waals surface area contributed by atoms with Gasteiger partial charge in [0.15, 0.2) is 5.82 Å². The van der Waals surface area contributed by atoms with Gasteiger partial charge in [-0.2, -0.15) is 9.97 Å². The van der Waals surface area contributed by atoms with E-state index in [1.807, 2.05) is 30.0 Å². The third-order valence-corrected chi connectivity index (χ3v) is 16.1. The largest absolute Gasteiger partial charge is 0.508 e. The molecule has 3 N–H and O–H groups in total. The van der Waals surface area contributed by atoms with Crippen molar-refractivity contribution in [1.82, 2.24) is 44.5 Å². The number of aromatic nitrogens is 5. The van der Waals surface area contributed by atoms with Crippen molar-refractivity contribution in [2.75, 3.05) is 81.9 Å². The van der Waals surface area contributed by atoms with Gasteiger partial charge < -0.3 is 29.9 Å². The number of rotatable bonds is 13. The van der Waals surface area contributed by atoms with Crippen molar-refractivity contribution in [2.24, 2.45) is 12.5 Å². The Morgan fingerprint density at radius 1 is 0.905 bits per heavy atom. The molecule has 4 aliphatic heterocycles. The molecular weight excluding hydrogens is 956 g/mol. The van der Waals surface area contributed by atoms with E-state index in [0.29, 0.717) is 123 Å². The molecule has 5 fully saturated rings. The number of fused-ring (bicyclic) bond motifs is 3. The maximum atomic E-state index is 17.2. The molecule has 2 atom stereocenters. The molecule has 5 aliphatic rings. The number of carbonyl (C=O) groups is 3. The number of nitrogens with zero attached hydrogens (tertiary/aromatic N) is 9. The van der Waals surface area contributed by atoms with Crippen molar-refractivity contribution >= 4 is 61.9 Å². The van der Waals surface area contributed by atoms with E-state index in [9.17, 15) is 24.3 Å². The first-order chi connectivity index (χ1) is 35.6. The van der Waals surface area contributed by atoms with Crippen LogP contribution in [0.3, 0.4) is 0 Å². The van der Waals surface area contributed by atoms with Gasteiger partial charge in [0.05, 0.1) is 23.0 Å². The number of hydrogen-bond acceptors (Lipinski definition) is 13. The van der Waals surface area contributed by atoms with Crippen LogP contribution in [0.15, 0.2) is 53.5 Å². The second-order valence-corrected chi connectivity index (χ2v) is 21.3. The smallest absolute Gasteiger partial charge is 0.329 e. The summed E-state index contributed by atoms with van der Waals surface area (Å²) in [5, 5.41) is 17.5. The number of phenolic OH excluding ortho intramolecular Hbond substituents is 1. The summed E-state index contributed by atoms with van der Waals surface area (Å²) in [4.78, 5) is 72.8. The summed E-state index contributed by atoms with van der Waals surface area (Å²) in [5.74, 6) is -1.84. The molecule has 11 rings (SSSR count). The van der Waals surface area contributed by atoms with Crippen LogP contribution < -0.4 is 30.9 Å². The first-order valence-corrected chi connectivity index (χ1v) is 26.0. The molecule has 3 amide bonds. The average molecular weight is 1020 g/mol. The van der Waals surface area contributed by atoms with Crippen molar-refractivity contribution in [1.29, 1.82) is 0 Å². The molecule has 0 bridgehead atoms. The number of amides is 3. The van der Waals surface area contributed by atoms with Crippen LogP contribution in [0.4, 0.5) is 24.7 Å². The van der Waals surface area contributed by atoms with Gasteiger partial charge in [-0.05, 0) is 104 Å². The van der Waals surface area contributed by atoms with Crippen LogP contribution in [0, 0.1) is 17.0 Å². The molecule has 17 nitrogen and oxygen atoms in total. The summed E-state index contributed by atoms with van der Waals surface area (Å²) in [6, 6.07) is 10.7. The Balaban J connectivity index is 0.750. The number of aromatic hydroxyl groups is 1. The van der Waals surface area contributed by atoms with E-state index in [-0.39, 0.29) is 76.9 Å². The van der Waals surface area contributed by atoms with Crippen LogP contribution in [0.1, 0.15) is 76.8 Å². The van der Waals surface area contributed by atoms with Gasteiger partial charge in [0.2, 0.25) is 17.7 Å². The molecule has 0 radical (unpaired) electrons. The van der Waals surface area contributed by atoms with Crippen LogP contribution >= 0.6 is 0 Å². The van der Waals surface area contributed by atoms with Crippen molar-refractivity contribution in [3.8, 4) is 23.0 Å². The van der Waals surface area contributed by atoms with Gasteiger partial charge >= 0.3 is 11.7 Å². The Kier molecular flexibility index (Phi) is 13.0. The Labute approximate surface area is 425 Å². The molecule has 3 aromatic heterocycles. The third-order valence-electron chi connectivity index (χ3n) is 16.1. The number of benzene rings is 3. The number of carbonyl (C=O) groups excluding carboxylic acids is 3. The fourth-order valence-corrected chi connectivity index (χ4v) is 12.0. The monoisotopic (exact) mass is 1020 g/mol. The van der Waals surface area contributed by atoms with Crippen molar-refractivity contribution in [3.63, 3.8) is 0 Å². The van der Waals surface area contributed by atoms with E-state index in [1.54, 1.807) is 17.7 Å². The lowest BCUT2D eigenvalue weighted by atomic mass is 9.91. The number of pyridine rings is 1. The lowest BCUT2D eigenvalue weighted by Gasteiger charge is -2.43. The molecule has 3 aromatic carbocycles. The number of phenols is 1. The minimum atomic E-state index is -1.33. The molecule has 1 unspecified atom stereocenters. The minimum Gasteiger partial charge on any atom is -0.508 e. The number of imide groups is 1. The van der Waals surface area contributed by atoms with Gasteiger partial charge in [0.1, 0.15) is 40.3 Å². The minimum absolute atomic E-state index is 0.00548.